The molecular formula is C10H20IN5. The summed E-state index contributed by atoms with van der Waals surface area (Å²) in [5, 5.41) is 3.09. The summed E-state index contributed by atoms with van der Waals surface area (Å²) in [7, 11) is 1.94. The first kappa shape index (κ1) is 15.2. The molecule has 6 heteroatoms. The molecule has 1 heterocycles. The second kappa shape index (κ2) is 6.07. The summed E-state index contributed by atoms with van der Waals surface area (Å²) in [6.45, 7) is 6.61. The standard InChI is InChI=1S/C10H19N5.HI/c1-10(2,3)14-9(11)13-7-8-12-5-6-15(8)4;/h5-6H,7H2,1-4H3,(H3,11,13,14);1H. The van der Waals surface area contributed by atoms with Gasteiger partial charge >= 0.3 is 0 Å². The Hall–Kier alpha value is -0.790. The highest BCUT2D eigenvalue weighted by molar-refractivity contribution is 14.0. The lowest BCUT2D eigenvalue weighted by molar-refractivity contribution is 0.508. The van der Waals surface area contributed by atoms with E-state index in [1.165, 1.54) is 0 Å². The van der Waals surface area contributed by atoms with Gasteiger partial charge in [-0.2, -0.15) is 0 Å². The fourth-order valence-electron chi connectivity index (χ4n) is 1.13. The lowest BCUT2D eigenvalue weighted by Crippen LogP contribution is -2.45. The third kappa shape index (κ3) is 5.34. The van der Waals surface area contributed by atoms with E-state index in [2.05, 4.69) is 15.3 Å². The summed E-state index contributed by atoms with van der Waals surface area (Å²) in [5.41, 5.74) is 5.67. The van der Waals surface area contributed by atoms with Crippen molar-refractivity contribution in [1.82, 2.24) is 14.9 Å². The monoisotopic (exact) mass is 337 g/mol. The summed E-state index contributed by atoms with van der Waals surface area (Å²) < 4.78 is 1.92. The number of nitrogens with zero attached hydrogens (tertiary/aromatic N) is 3. The van der Waals surface area contributed by atoms with E-state index in [1.807, 2.05) is 38.6 Å². The smallest absolute Gasteiger partial charge is 0.189 e. The molecule has 0 aliphatic carbocycles. The molecule has 0 fully saturated rings. The molecule has 0 unspecified atom stereocenters. The van der Waals surface area contributed by atoms with Crippen LogP contribution >= 0.6 is 24.0 Å². The van der Waals surface area contributed by atoms with Gasteiger partial charge in [0.05, 0.1) is 0 Å². The van der Waals surface area contributed by atoms with E-state index in [1.54, 1.807) is 6.20 Å². The Balaban J connectivity index is 0.00000225. The first-order chi connectivity index (χ1) is 6.88. The minimum absolute atomic E-state index is 0. The van der Waals surface area contributed by atoms with Crippen molar-refractivity contribution in [3.05, 3.63) is 18.2 Å². The molecule has 0 amide bonds. The number of hydrogen-bond donors (Lipinski definition) is 2. The number of aryl methyl sites for hydroxylation is 1. The van der Waals surface area contributed by atoms with E-state index in [9.17, 15) is 0 Å². The molecule has 1 aromatic rings. The molecule has 0 spiro atoms. The number of nitrogens with one attached hydrogen (secondary N) is 1. The summed E-state index contributed by atoms with van der Waals surface area (Å²) in [6.07, 6.45) is 3.64. The molecule has 0 bridgehead atoms. The van der Waals surface area contributed by atoms with Crippen LogP contribution in [0.15, 0.2) is 17.4 Å². The van der Waals surface area contributed by atoms with Crippen molar-refractivity contribution in [3.8, 4) is 0 Å². The van der Waals surface area contributed by atoms with Gasteiger partial charge in [0.15, 0.2) is 5.96 Å². The maximum atomic E-state index is 5.73. The van der Waals surface area contributed by atoms with Crippen LogP contribution in [0.4, 0.5) is 0 Å². The predicted molar refractivity (Wildman–Crippen MR) is 76.8 cm³/mol. The van der Waals surface area contributed by atoms with Crippen molar-refractivity contribution in [3.63, 3.8) is 0 Å². The van der Waals surface area contributed by atoms with Crippen LogP contribution in [0.2, 0.25) is 0 Å². The summed E-state index contributed by atoms with van der Waals surface area (Å²) in [6, 6.07) is 0. The van der Waals surface area contributed by atoms with Crippen LogP contribution in [0, 0.1) is 0 Å². The van der Waals surface area contributed by atoms with Crippen LogP contribution in [-0.2, 0) is 13.6 Å². The molecule has 0 saturated carbocycles. The van der Waals surface area contributed by atoms with Crippen molar-refractivity contribution < 1.29 is 0 Å². The highest BCUT2D eigenvalue weighted by Crippen LogP contribution is 1.99. The zero-order valence-electron chi connectivity index (χ0n) is 10.2. The molecule has 5 nitrogen and oxygen atoms in total. The molecule has 0 atom stereocenters. The number of aromatic nitrogens is 2. The van der Waals surface area contributed by atoms with Gasteiger partial charge in [0, 0.05) is 25.0 Å². The average Bonchev–Trinajstić information content (AvgIpc) is 2.44. The maximum absolute atomic E-state index is 5.73. The van der Waals surface area contributed by atoms with Crippen molar-refractivity contribution in [2.45, 2.75) is 32.9 Å². The average molecular weight is 337 g/mol. The van der Waals surface area contributed by atoms with E-state index in [4.69, 9.17) is 5.73 Å². The Bertz CT molecular complexity index is 350. The highest BCUT2D eigenvalue weighted by Gasteiger charge is 2.09. The largest absolute Gasteiger partial charge is 0.370 e. The number of guanidine groups is 1. The fourth-order valence-corrected chi connectivity index (χ4v) is 1.13. The summed E-state index contributed by atoms with van der Waals surface area (Å²) >= 11 is 0. The maximum Gasteiger partial charge on any atom is 0.189 e. The molecule has 0 radical (unpaired) electrons. The summed E-state index contributed by atoms with van der Waals surface area (Å²) in [5.74, 6) is 1.35. The normalized spacial score (nSPS) is 12.1. The van der Waals surface area contributed by atoms with Crippen molar-refractivity contribution in [2.24, 2.45) is 17.8 Å². The Morgan fingerprint density at radius 2 is 2.19 bits per heavy atom. The van der Waals surface area contributed by atoms with E-state index < -0.39 is 0 Å². The number of hydrogen-bond acceptors (Lipinski definition) is 2. The minimum Gasteiger partial charge on any atom is -0.370 e. The molecule has 1 aromatic heterocycles. The molecule has 3 N–H and O–H groups in total. The van der Waals surface area contributed by atoms with Gasteiger partial charge in [-0.15, -0.1) is 24.0 Å². The first-order valence-corrected chi connectivity index (χ1v) is 4.93. The van der Waals surface area contributed by atoms with E-state index in [0.29, 0.717) is 12.5 Å². The van der Waals surface area contributed by atoms with Crippen LogP contribution in [-0.4, -0.2) is 21.0 Å². The van der Waals surface area contributed by atoms with Gasteiger partial charge in [-0.3, -0.25) is 0 Å². The van der Waals surface area contributed by atoms with Gasteiger partial charge in [0.1, 0.15) is 12.4 Å². The first-order valence-electron chi connectivity index (χ1n) is 4.93. The number of halogens is 1. The molecule has 0 aliphatic rings. The van der Waals surface area contributed by atoms with Crippen molar-refractivity contribution in [2.75, 3.05) is 0 Å². The van der Waals surface area contributed by atoms with E-state index in [0.717, 1.165) is 5.82 Å². The van der Waals surface area contributed by atoms with Gasteiger partial charge in [0.25, 0.3) is 0 Å². The number of aliphatic imine (C=N–C) groups is 1. The van der Waals surface area contributed by atoms with Crippen LogP contribution in [0.5, 0.6) is 0 Å². The molecule has 0 aromatic carbocycles. The Labute approximate surface area is 114 Å². The molecule has 0 aliphatic heterocycles. The number of nitrogens with two attached hydrogens (primary N) is 1. The van der Waals surface area contributed by atoms with Gasteiger partial charge < -0.3 is 15.6 Å². The van der Waals surface area contributed by atoms with E-state index >= 15 is 0 Å². The van der Waals surface area contributed by atoms with E-state index in [-0.39, 0.29) is 29.5 Å². The number of imidazole rings is 1. The van der Waals surface area contributed by atoms with Gasteiger partial charge in [-0.1, -0.05) is 0 Å². The van der Waals surface area contributed by atoms with Crippen LogP contribution in [0.1, 0.15) is 26.6 Å². The van der Waals surface area contributed by atoms with Gasteiger partial charge in [0.2, 0.25) is 0 Å². The second-order valence-electron chi connectivity index (χ2n) is 4.53. The zero-order chi connectivity index (χ0) is 11.5. The number of rotatable bonds is 2. The van der Waals surface area contributed by atoms with Crippen molar-refractivity contribution >= 4 is 29.9 Å². The SMILES string of the molecule is Cn1ccnc1CN=C(N)NC(C)(C)C.I. The Morgan fingerprint density at radius 3 is 2.62 bits per heavy atom. The minimum atomic E-state index is -0.0603. The van der Waals surface area contributed by atoms with Gasteiger partial charge in [-0.25, -0.2) is 9.98 Å². The van der Waals surface area contributed by atoms with Crippen LogP contribution in [0.3, 0.4) is 0 Å². The predicted octanol–water partition coefficient (Wildman–Crippen LogP) is 1.24. The zero-order valence-corrected chi connectivity index (χ0v) is 12.5. The lowest BCUT2D eigenvalue weighted by atomic mass is 10.1. The third-order valence-electron chi connectivity index (χ3n) is 1.81. The molecular weight excluding hydrogens is 317 g/mol. The Morgan fingerprint density at radius 1 is 1.56 bits per heavy atom. The van der Waals surface area contributed by atoms with Gasteiger partial charge in [-0.05, 0) is 20.8 Å². The molecule has 1 rings (SSSR count). The highest BCUT2D eigenvalue weighted by atomic mass is 127. The van der Waals surface area contributed by atoms with Crippen molar-refractivity contribution in [1.29, 1.82) is 0 Å². The van der Waals surface area contributed by atoms with Crippen LogP contribution in [0.25, 0.3) is 0 Å². The topological polar surface area (TPSA) is 68.2 Å². The second-order valence-corrected chi connectivity index (χ2v) is 4.53. The summed E-state index contributed by atoms with van der Waals surface area (Å²) in [4.78, 5) is 8.37. The molecule has 0 saturated heterocycles. The molecule has 92 valence electrons. The third-order valence-corrected chi connectivity index (χ3v) is 1.81. The lowest BCUT2D eigenvalue weighted by Gasteiger charge is -2.20. The molecule has 16 heavy (non-hydrogen) atoms. The van der Waals surface area contributed by atoms with Crippen LogP contribution < -0.4 is 11.1 Å². The quantitative estimate of drug-likeness (QED) is 0.485. The Kier molecular flexibility index (Phi) is 5.77. The fraction of sp³-hybridized carbons (Fsp3) is 0.600.